The second kappa shape index (κ2) is 5.43. The van der Waals surface area contributed by atoms with Crippen molar-refractivity contribution < 1.29 is 17.9 Å². The van der Waals surface area contributed by atoms with Crippen LogP contribution < -0.4 is 4.74 Å². The largest absolute Gasteiger partial charge is 0.492 e. The molecule has 5 heteroatoms. The van der Waals surface area contributed by atoms with E-state index in [1.165, 1.54) is 0 Å². The molecule has 0 aliphatic heterocycles. The van der Waals surface area contributed by atoms with Gasteiger partial charge in [-0.15, -0.1) is 0 Å². The van der Waals surface area contributed by atoms with Gasteiger partial charge in [0.05, 0.1) is 11.6 Å². The van der Waals surface area contributed by atoms with E-state index in [-0.39, 0.29) is 13.0 Å². The summed E-state index contributed by atoms with van der Waals surface area (Å²) in [6.45, 7) is 1.89. The molecule has 1 aromatic carbocycles. The highest BCUT2D eigenvalue weighted by atomic mass is 35.5. The second-order valence-electron chi connectivity index (χ2n) is 3.50. The predicted molar refractivity (Wildman–Crippen MR) is 57.0 cm³/mol. The van der Waals surface area contributed by atoms with Crippen molar-refractivity contribution in [2.24, 2.45) is 0 Å². The molecule has 0 atom stereocenters. The van der Waals surface area contributed by atoms with Crippen molar-refractivity contribution in [2.45, 2.75) is 25.9 Å². The Bertz CT molecular complexity index is 350. The zero-order valence-electron chi connectivity index (χ0n) is 8.77. The number of halogens is 4. The zero-order chi connectivity index (χ0) is 12.2. The minimum atomic E-state index is -4.12. The van der Waals surface area contributed by atoms with Crippen LogP contribution >= 0.6 is 11.6 Å². The third kappa shape index (κ3) is 4.75. The molecule has 0 heterocycles. The van der Waals surface area contributed by atoms with Crippen LogP contribution in [-0.2, 0) is 0 Å². The van der Waals surface area contributed by atoms with Gasteiger partial charge in [0.15, 0.2) is 0 Å². The summed E-state index contributed by atoms with van der Waals surface area (Å²) in [5.74, 6) is 0.425. The molecular formula is C11H12ClF3O. The maximum atomic E-state index is 11.8. The fourth-order valence-electron chi connectivity index (χ4n) is 1.18. The Morgan fingerprint density at radius 3 is 2.56 bits per heavy atom. The molecule has 16 heavy (non-hydrogen) atoms. The maximum Gasteiger partial charge on any atom is 0.389 e. The molecule has 0 aliphatic rings. The first kappa shape index (κ1) is 13.2. The van der Waals surface area contributed by atoms with Crippen molar-refractivity contribution in [2.75, 3.05) is 6.61 Å². The van der Waals surface area contributed by atoms with Crippen LogP contribution in [0.4, 0.5) is 13.2 Å². The number of rotatable bonds is 4. The minimum Gasteiger partial charge on any atom is -0.492 e. The summed E-state index contributed by atoms with van der Waals surface area (Å²) >= 11 is 5.85. The molecule has 1 aromatic rings. The highest BCUT2D eigenvalue weighted by Crippen LogP contribution is 2.26. The van der Waals surface area contributed by atoms with E-state index in [0.29, 0.717) is 10.8 Å². The summed E-state index contributed by atoms with van der Waals surface area (Å²) in [7, 11) is 0. The van der Waals surface area contributed by atoms with Gasteiger partial charge in [-0.05, 0) is 31.0 Å². The third-order valence-electron chi connectivity index (χ3n) is 1.95. The first-order chi connectivity index (χ1) is 7.38. The molecule has 0 bridgehead atoms. The number of hydrogen-bond acceptors (Lipinski definition) is 1. The van der Waals surface area contributed by atoms with Gasteiger partial charge in [-0.3, -0.25) is 0 Å². The third-order valence-corrected chi connectivity index (χ3v) is 2.24. The second-order valence-corrected chi connectivity index (χ2v) is 3.91. The van der Waals surface area contributed by atoms with Crippen LogP contribution in [0.3, 0.4) is 0 Å². The molecule has 0 N–H and O–H groups in total. The molecular weight excluding hydrogens is 241 g/mol. The lowest BCUT2D eigenvalue weighted by Gasteiger charge is -2.09. The van der Waals surface area contributed by atoms with Gasteiger partial charge in [0.2, 0.25) is 0 Å². The summed E-state index contributed by atoms with van der Waals surface area (Å²) in [6.07, 6.45) is -5.02. The summed E-state index contributed by atoms with van der Waals surface area (Å²) in [6, 6.07) is 5.16. The van der Waals surface area contributed by atoms with Crippen molar-refractivity contribution in [1.82, 2.24) is 0 Å². The number of ether oxygens (including phenoxy) is 1. The maximum absolute atomic E-state index is 11.8. The van der Waals surface area contributed by atoms with E-state index in [4.69, 9.17) is 16.3 Å². The van der Waals surface area contributed by atoms with Gasteiger partial charge in [-0.25, -0.2) is 0 Å². The Kier molecular flexibility index (Phi) is 4.47. The molecule has 0 unspecified atom stereocenters. The van der Waals surface area contributed by atoms with E-state index >= 15 is 0 Å². The normalized spacial score (nSPS) is 11.6. The number of alkyl halides is 3. The van der Waals surface area contributed by atoms with Crippen LogP contribution in [0, 0.1) is 6.92 Å². The van der Waals surface area contributed by atoms with E-state index in [9.17, 15) is 13.2 Å². The van der Waals surface area contributed by atoms with Gasteiger partial charge in [0, 0.05) is 6.42 Å². The molecule has 0 radical (unpaired) electrons. The Morgan fingerprint density at radius 1 is 1.31 bits per heavy atom. The van der Waals surface area contributed by atoms with Gasteiger partial charge >= 0.3 is 6.18 Å². The Balaban J connectivity index is 2.38. The SMILES string of the molecule is Cc1ccc(OCCCC(F)(F)F)c(Cl)c1. The predicted octanol–water partition coefficient (Wildman–Crippen LogP) is 4.37. The highest BCUT2D eigenvalue weighted by Gasteiger charge is 2.26. The molecule has 0 fully saturated rings. The van der Waals surface area contributed by atoms with Crippen LogP contribution in [-0.4, -0.2) is 12.8 Å². The number of benzene rings is 1. The van der Waals surface area contributed by atoms with Gasteiger partial charge in [0.1, 0.15) is 5.75 Å². The Morgan fingerprint density at radius 2 is 2.00 bits per heavy atom. The smallest absolute Gasteiger partial charge is 0.389 e. The molecule has 0 aromatic heterocycles. The van der Waals surface area contributed by atoms with Crippen molar-refractivity contribution >= 4 is 11.6 Å². The topological polar surface area (TPSA) is 9.23 Å². The fourth-order valence-corrected chi connectivity index (χ4v) is 1.47. The van der Waals surface area contributed by atoms with Crippen molar-refractivity contribution in [1.29, 1.82) is 0 Å². The van der Waals surface area contributed by atoms with Crippen LogP contribution in [0.25, 0.3) is 0 Å². The van der Waals surface area contributed by atoms with Gasteiger partial charge in [-0.1, -0.05) is 17.7 Å². The van der Waals surface area contributed by atoms with Crippen LogP contribution in [0.1, 0.15) is 18.4 Å². The first-order valence-corrected chi connectivity index (χ1v) is 5.22. The lowest BCUT2D eigenvalue weighted by atomic mass is 10.2. The summed E-state index contributed by atoms with van der Waals surface area (Å²) < 4.78 is 40.7. The number of aryl methyl sites for hydroxylation is 1. The minimum absolute atomic E-state index is 0.0162. The van der Waals surface area contributed by atoms with Crippen LogP contribution in [0.15, 0.2) is 18.2 Å². The van der Waals surface area contributed by atoms with E-state index in [1.807, 2.05) is 6.92 Å². The van der Waals surface area contributed by atoms with E-state index in [1.54, 1.807) is 18.2 Å². The summed E-state index contributed by atoms with van der Waals surface area (Å²) in [5, 5.41) is 0.423. The van der Waals surface area contributed by atoms with Crippen LogP contribution in [0.2, 0.25) is 5.02 Å². The molecule has 90 valence electrons. The summed E-state index contributed by atoms with van der Waals surface area (Å²) in [4.78, 5) is 0. The molecule has 0 spiro atoms. The summed E-state index contributed by atoms with van der Waals surface area (Å²) in [5.41, 5.74) is 0.979. The van der Waals surface area contributed by atoms with Gasteiger partial charge < -0.3 is 4.74 Å². The molecule has 0 saturated heterocycles. The van der Waals surface area contributed by atoms with Crippen molar-refractivity contribution in [3.05, 3.63) is 28.8 Å². The van der Waals surface area contributed by atoms with Gasteiger partial charge in [-0.2, -0.15) is 13.2 Å². The average molecular weight is 253 g/mol. The standard InChI is InChI=1S/C11H12ClF3O/c1-8-3-4-10(9(12)7-8)16-6-2-5-11(13,14)15/h3-4,7H,2,5-6H2,1H3. The lowest BCUT2D eigenvalue weighted by Crippen LogP contribution is -2.09. The van der Waals surface area contributed by atoms with Gasteiger partial charge in [0.25, 0.3) is 0 Å². The van der Waals surface area contributed by atoms with Crippen LogP contribution in [0.5, 0.6) is 5.75 Å². The molecule has 0 aliphatic carbocycles. The highest BCUT2D eigenvalue weighted by molar-refractivity contribution is 6.32. The van der Waals surface area contributed by atoms with E-state index in [0.717, 1.165) is 5.56 Å². The number of hydrogen-bond donors (Lipinski definition) is 0. The average Bonchev–Trinajstić information content (AvgIpc) is 2.13. The van der Waals surface area contributed by atoms with Crippen molar-refractivity contribution in [3.8, 4) is 5.75 Å². The molecule has 0 amide bonds. The Labute approximate surface area is 97.2 Å². The quantitative estimate of drug-likeness (QED) is 0.723. The first-order valence-electron chi connectivity index (χ1n) is 4.84. The fraction of sp³-hybridized carbons (Fsp3) is 0.455. The zero-order valence-corrected chi connectivity index (χ0v) is 9.53. The monoisotopic (exact) mass is 252 g/mol. The van der Waals surface area contributed by atoms with E-state index < -0.39 is 12.6 Å². The lowest BCUT2D eigenvalue weighted by molar-refractivity contribution is -0.136. The van der Waals surface area contributed by atoms with Crippen molar-refractivity contribution in [3.63, 3.8) is 0 Å². The molecule has 1 rings (SSSR count). The van der Waals surface area contributed by atoms with E-state index in [2.05, 4.69) is 0 Å². The molecule has 0 saturated carbocycles. The molecule has 1 nitrogen and oxygen atoms in total. The Hall–Kier alpha value is -0.900.